The molecular formula is C15H13N3O3. The highest BCUT2D eigenvalue weighted by Gasteiger charge is 2.14. The molecule has 0 atom stereocenters. The first-order valence-corrected chi connectivity index (χ1v) is 6.64. The summed E-state index contributed by atoms with van der Waals surface area (Å²) in [5, 5.41) is 0. The standard InChI is InChI=1S/C15H13N3O3/c1-19-13-5-3-10-15(17-13)18-14(16-10)9-2-4-11-12(8-9)21-7-6-20-11/h2-5,8H,6-7H2,1H3,(H,16,17,18). The zero-order valence-electron chi connectivity index (χ0n) is 11.4. The minimum absolute atomic E-state index is 0.544. The van der Waals surface area contributed by atoms with Crippen LogP contribution in [-0.2, 0) is 0 Å². The van der Waals surface area contributed by atoms with Crippen molar-refractivity contribution < 1.29 is 14.2 Å². The molecule has 0 amide bonds. The van der Waals surface area contributed by atoms with Crippen LogP contribution >= 0.6 is 0 Å². The largest absolute Gasteiger partial charge is 0.486 e. The minimum atomic E-state index is 0.544. The molecule has 0 spiro atoms. The molecule has 2 aromatic heterocycles. The van der Waals surface area contributed by atoms with Crippen LogP contribution in [0, 0.1) is 0 Å². The summed E-state index contributed by atoms with van der Waals surface area (Å²) in [4.78, 5) is 12.0. The number of methoxy groups -OCH3 is 1. The Labute approximate surface area is 120 Å². The Balaban J connectivity index is 1.78. The summed E-state index contributed by atoms with van der Waals surface area (Å²) in [5.41, 5.74) is 2.41. The lowest BCUT2D eigenvalue weighted by Crippen LogP contribution is -2.15. The third-order valence-electron chi connectivity index (χ3n) is 3.35. The van der Waals surface area contributed by atoms with Crippen LogP contribution in [0.5, 0.6) is 17.4 Å². The van der Waals surface area contributed by atoms with Crippen LogP contribution in [-0.4, -0.2) is 35.3 Å². The molecule has 21 heavy (non-hydrogen) atoms. The van der Waals surface area contributed by atoms with Crippen LogP contribution in [0.25, 0.3) is 22.6 Å². The van der Waals surface area contributed by atoms with Crippen LogP contribution in [0.4, 0.5) is 0 Å². The van der Waals surface area contributed by atoms with Crippen LogP contribution in [0.15, 0.2) is 30.3 Å². The van der Waals surface area contributed by atoms with E-state index < -0.39 is 0 Å². The van der Waals surface area contributed by atoms with Crippen LogP contribution in [0.1, 0.15) is 0 Å². The van der Waals surface area contributed by atoms with E-state index in [9.17, 15) is 0 Å². The van der Waals surface area contributed by atoms with Gasteiger partial charge in [-0.25, -0.2) is 4.98 Å². The lowest BCUT2D eigenvalue weighted by Gasteiger charge is -2.18. The molecule has 106 valence electrons. The molecule has 0 unspecified atom stereocenters. The summed E-state index contributed by atoms with van der Waals surface area (Å²) in [6.45, 7) is 1.15. The SMILES string of the molecule is COc1ccc2[nH]c(-c3ccc4c(c3)OCCO4)nc2n1. The highest BCUT2D eigenvalue weighted by molar-refractivity contribution is 5.77. The Kier molecular flexibility index (Phi) is 2.67. The molecule has 1 aliphatic heterocycles. The van der Waals surface area contributed by atoms with E-state index in [-0.39, 0.29) is 0 Å². The van der Waals surface area contributed by atoms with Gasteiger partial charge in [0.15, 0.2) is 17.1 Å². The zero-order chi connectivity index (χ0) is 14.2. The van der Waals surface area contributed by atoms with E-state index in [1.54, 1.807) is 13.2 Å². The van der Waals surface area contributed by atoms with Crippen molar-refractivity contribution in [2.45, 2.75) is 0 Å². The van der Waals surface area contributed by atoms with E-state index in [1.807, 2.05) is 24.3 Å². The fourth-order valence-corrected chi connectivity index (χ4v) is 2.32. The molecule has 1 aliphatic rings. The summed E-state index contributed by atoms with van der Waals surface area (Å²) in [5.74, 6) is 2.79. The number of aromatic nitrogens is 3. The Hall–Kier alpha value is -2.76. The number of aromatic amines is 1. The van der Waals surface area contributed by atoms with Gasteiger partial charge in [0, 0.05) is 11.6 Å². The maximum Gasteiger partial charge on any atom is 0.215 e. The number of imidazole rings is 1. The Morgan fingerprint density at radius 2 is 1.90 bits per heavy atom. The molecule has 0 saturated heterocycles. The first-order valence-electron chi connectivity index (χ1n) is 6.64. The van der Waals surface area contributed by atoms with E-state index in [0.717, 1.165) is 28.4 Å². The predicted octanol–water partition coefficient (Wildman–Crippen LogP) is 2.40. The van der Waals surface area contributed by atoms with Gasteiger partial charge in [-0.2, -0.15) is 4.98 Å². The van der Waals surface area contributed by atoms with Crippen LogP contribution < -0.4 is 14.2 Å². The Morgan fingerprint density at radius 3 is 2.76 bits per heavy atom. The molecule has 0 radical (unpaired) electrons. The minimum Gasteiger partial charge on any atom is -0.486 e. The number of pyridine rings is 1. The number of hydrogen-bond acceptors (Lipinski definition) is 5. The van der Waals surface area contributed by atoms with Crippen molar-refractivity contribution in [1.82, 2.24) is 15.0 Å². The molecule has 0 fully saturated rings. The fraction of sp³-hybridized carbons (Fsp3) is 0.200. The van der Waals surface area contributed by atoms with E-state index in [1.165, 1.54) is 0 Å². The molecule has 6 heteroatoms. The average Bonchev–Trinajstić information content (AvgIpc) is 2.97. The number of nitrogens with one attached hydrogen (secondary N) is 1. The third-order valence-corrected chi connectivity index (χ3v) is 3.35. The molecule has 3 heterocycles. The van der Waals surface area contributed by atoms with Gasteiger partial charge in [-0.1, -0.05) is 0 Å². The van der Waals surface area contributed by atoms with Gasteiger partial charge in [-0.3, -0.25) is 0 Å². The Bertz CT molecular complexity index is 813. The summed E-state index contributed by atoms with van der Waals surface area (Å²) in [6.07, 6.45) is 0. The maximum absolute atomic E-state index is 5.59. The van der Waals surface area contributed by atoms with E-state index in [4.69, 9.17) is 14.2 Å². The third kappa shape index (κ3) is 2.05. The summed E-state index contributed by atoms with van der Waals surface area (Å²) >= 11 is 0. The second-order valence-corrected chi connectivity index (χ2v) is 4.67. The summed E-state index contributed by atoms with van der Waals surface area (Å²) in [7, 11) is 1.59. The highest BCUT2D eigenvalue weighted by atomic mass is 16.6. The first-order chi connectivity index (χ1) is 10.3. The van der Waals surface area contributed by atoms with Gasteiger partial charge in [0.2, 0.25) is 5.88 Å². The van der Waals surface area contributed by atoms with Gasteiger partial charge in [-0.05, 0) is 24.3 Å². The van der Waals surface area contributed by atoms with Crippen molar-refractivity contribution in [3.63, 3.8) is 0 Å². The van der Waals surface area contributed by atoms with E-state index >= 15 is 0 Å². The van der Waals surface area contributed by atoms with Crippen LogP contribution in [0.3, 0.4) is 0 Å². The van der Waals surface area contributed by atoms with Crippen molar-refractivity contribution >= 4 is 11.2 Å². The predicted molar refractivity (Wildman–Crippen MR) is 76.9 cm³/mol. The molecular weight excluding hydrogens is 270 g/mol. The van der Waals surface area contributed by atoms with Gasteiger partial charge in [0.1, 0.15) is 19.0 Å². The number of hydrogen-bond donors (Lipinski definition) is 1. The van der Waals surface area contributed by atoms with Gasteiger partial charge >= 0.3 is 0 Å². The smallest absolute Gasteiger partial charge is 0.215 e. The molecule has 6 nitrogen and oxygen atoms in total. The molecule has 1 N–H and O–H groups in total. The average molecular weight is 283 g/mol. The lowest BCUT2D eigenvalue weighted by molar-refractivity contribution is 0.171. The fourth-order valence-electron chi connectivity index (χ4n) is 2.32. The van der Waals surface area contributed by atoms with Gasteiger partial charge < -0.3 is 19.2 Å². The van der Waals surface area contributed by atoms with Crippen molar-refractivity contribution in [1.29, 1.82) is 0 Å². The highest BCUT2D eigenvalue weighted by Crippen LogP contribution is 2.34. The second-order valence-electron chi connectivity index (χ2n) is 4.67. The van der Waals surface area contributed by atoms with Crippen molar-refractivity contribution in [3.05, 3.63) is 30.3 Å². The number of rotatable bonds is 2. The number of ether oxygens (including phenoxy) is 3. The molecule has 3 aromatic rings. The van der Waals surface area contributed by atoms with Gasteiger partial charge in [-0.15, -0.1) is 0 Å². The quantitative estimate of drug-likeness (QED) is 0.782. The molecule has 0 aliphatic carbocycles. The summed E-state index contributed by atoms with van der Waals surface area (Å²) < 4.78 is 16.2. The number of nitrogens with zero attached hydrogens (tertiary/aromatic N) is 2. The monoisotopic (exact) mass is 283 g/mol. The van der Waals surface area contributed by atoms with E-state index in [2.05, 4.69) is 15.0 Å². The maximum atomic E-state index is 5.59. The van der Waals surface area contributed by atoms with Crippen LogP contribution in [0.2, 0.25) is 0 Å². The molecule has 4 rings (SSSR count). The van der Waals surface area contributed by atoms with Crippen molar-refractivity contribution in [3.8, 4) is 28.8 Å². The topological polar surface area (TPSA) is 69.3 Å². The number of fused-ring (bicyclic) bond motifs is 2. The normalized spacial score (nSPS) is 13.4. The second kappa shape index (κ2) is 4.66. The molecule has 0 saturated carbocycles. The zero-order valence-corrected chi connectivity index (χ0v) is 11.4. The van der Waals surface area contributed by atoms with E-state index in [0.29, 0.717) is 24.7 Å². The Morgan fingerprint density at radius 1 is 1.05 bits per heavy atom. The van der Waals surface area contributed by atoms with Crippen molar-refractivity contribution in [2.75, 3.05) is 20.3 Å². The van der Waals surface area contributed by atoms with Gasteiger partial charge in [0.25, 0.3) is 0 Å². The lowest BCUT2D eigenvalue weighted by atomic mass is 10.2. The number of H-pyrrole nitrogens is 1. The number of benzene rings is 1. The molecule has 0 bridgehead atoms. The summed E-state index contributed by atoms with van der Waals surface area (Å²) in [6, 6.07) is 9.46. The molecule has 1 aromatic carbocycles. The first kappa shape index (κ1) is 12.0. The van der Waals surface area contributed by atoms with Gasteiger partial charge in [0.05, 0.1) is 12.6 Å². The van der Waals surface area contributed by atoms with Crippen molar-refractivity contribution in [2.24, 2.45) is 0 Å².